The molecular formula is C19H24N2O2. The summed E-state index contributed by atoms with van der Waals surface area (Å²) in [6.45, 7) is 5.85. The molecule has 4 nitrogen and oxygen atoms in total. The van der Waals surface area contributed by atoms with Gasteiger partial charge >= 0.3 is 6.03 Å². The summed E-state index contributed by atoms with van der Waals surface area (Å²) in [7, 11) is 0. The van der Waals surface area contributed by atoms with E-state index in [0.717, 1.165) is 16.8 Å². The third kappa shape index (κ3) is 4.83. The van der Waals surface area contributed by atoms with Gasteiger partial charge in [0.15, 0.2) is 0 Å². The third-order valence-electron chi connectivity index (χ3n) is 3.59. The highest BCUT2D eigenvalue weighted by Gasteiger charge is 2.18. The number of hydrogen-bond acceptors (Lipinski definition) is 2. The van der Waals surface area contributed by atoms with E-state index in [1.807, 2.05) is 56.3 Å². The Labute approximate surface area is 137 Å². The highest BCUT2D eigenvalue weighted by atomic mass is 16.3. The largest absolute Gasteiger partial charge is 0.392 e. The van der Waals surface area contributed by atoms with E-state index in [-0.39, 0.29) is 12.1 Å². The lowest BCUT2D eigenvalue weighted by Crippen LogP contribution is -2.43. The van der Waals surface area contributed by atoms with Gasteiger partial charge in [0.2, 0.25) is 0 Å². The summed E-state index contributed by atoms with van der Waals surface area (Å²) in [6, 6.07) is 17.7. The van der Waals surface area contributed by atoms with Crippen molar-refractivity contribution in [1.29, 1.82) is 0 Å². The molecule has 2 aromatic carbocycles. The van der Waals surface area contributed by atoms with Crippen molar-refractivity contribution in [3.63, 3.8) is 0 Å². The highest BCUT2D eigenvalue weighted by Crippen LogP contribution is 2.21. The van der Waals surface area contributed by atoms with E-state index in [9.17, 15) is 9.90 Å². The zero-order valence-corrected chi connectivity index (χ0v) is 13.9. The smallest absolute Gasteiger partial charge is 0.322 e. The summed E-state index contributed by atoms with van der Waals surface area (Å²) < 4.78 is 0. The Kier molecular flexibility index (Phi) is 5.77. The van der Waals surface area contributed by atoms with Crippen molar-refractivity contribution >= 4 is 11.7 Å². The van der Waals surface area contributed by atoms with Gasteiger partial charge in [-0.25, -0.2) is 4.79 Å². The summed E-state index contributed by atoms with van der Waals surface area (Å²) in [5, 5.41) is 12.4. The maximum absolute atomic E-state index is 12.3. The van der Waals surface area contributed by atoms with Gasteiger partial charge < -0.3 is 15.3 Å². The fourth-order valence-corrected chi connectivity index (χ4v) is 2.38. The van der Waals surface area contributed by atoms with E-state index in [1.165, 1.54) is 0 Å². The van der Waals surface area contributed by atoms with Crippen LogP contribution in [-0.2, 0) is 0 Å². The van der Waals surface area contributed by atoms with Crippen LogP contribution in [0.2, 0.25) is 0 Å². The zero-order chi connectivity index (χ0) is 16.8. The van der Waals surface area contributed by atoms with Crippen molar-refractivity contribution in [2.75, 3.05) is 11.9 Å². The molecule has 0 bridgehead atoms. The number of aliphatic hydroxyl groups excluding tert-OH is 1. The Bertz CT molecular complexity index is 622. The topological polar surface area (TPSA) is 52.6 Å². The SMILES string of the molecule is CC(O)CN(C(=O)Nc1ccc(-c2ccccc2)cc1)C(C)C. The van der Waals surface area contributed by atoms with Crippen molar-refractivity contribution < 1.29 is 9.90 Å². The number of aliphatic hydroxyl groups is 1. The number of rotatable bonds is 5. The Morgan fingerprint density at radius 2 is 1.57 bits per heavy atom. The Hall–Kier alpha value is -2.33. The number of carbonyl (C=O) groups is 1. The number of urea groups is 1. The fourth-order valence-electron chi connectivity index (χ4n) is 2.38. The predicted molar refractivity (Wildman–Crippen MR) is 94.4 cm³/mol. The number of anilines is 1. The van der Waals surface area contributed by atoms with Crippen LogP contribution in [0, 0.1) is 0 Å². The molecule has 0 fully saturated rings. The lowest BCUT2D eigenvalue weighted by molar-refractivity contribution is 0.125. The molecule has 0 aliphatic carbocycles. The lowest BCUT2D eigenvalue weighted by atomic mass is 10.1. The van der Waals surface area contributed by atoms with E-state index in [2.05, 4.69) is 17.4 Å². The molecule has 0 heterocycles. The molecule has 122 valence electrons. The maximum Gasteiger partial charge on any atom is 0.322 e. The van der Waals surface area contributed by atoms with Gasteiger partial charge in [0.1, 0.15) is 0 Å². The molecule has 0 saturated heterocycles. The maximum atomic E-state index is 12.3. The average molecular weight is 312 g/mol. The van der Waals surface area contributed by atoms with E-state index in [4.69, 9.17) is 0 Å². The first-order valence-corrected chi connectivity index (χ1v) is 7.88. The van der Waals surface area contributed by atoms with Gasteiger partial charge in [-0.1, -0.05) is 42.5 Å². The first-order chi connectivity index (χ1) is 11.0. The van der Waals surface area contributed by atoms with Crippen LogP contribution in [0.5, 0.6) is 0 Å². The molecule has 4 heteroatoms. The standard InChI is InChI=1S/C19H24N2O2/c1-14(2)21(13-15(3)22)19(23)20-18-11-9-17(10-12-18)16-7-5-4-6-8-16/h4-12,14-15,22H,13H2,1-3H3,(H,20,23). The van der Waals surface area contributed by atoms with Crippen molar-refractivity contribution in [3.05, 3.63) is 54.6 Å². The summed E-state index contributed by atoms with van der Waals surface area (Å²) in [5.41, 5.74) is 2.99. The van der Waals surface area contributed by atoms with Crippen molar-refractivity contribution in [1.82, 2.24) is 4.90 Å². The molecule has 2 amide bonds. The Morgan fingerprint density at radius 3 is 2.09 bits per heavy atom. The molecule has 0 radical (unpaired) electrons. The van der Waals surface area contributed by atoms with Crippen LogP contribution in [0.3, 0.4) is 0 Å². The number of carbonyl (C=O) groups excluding carboxylic acids is 1. The molecule has 0 saturated carbocycles. The van der Waals surface area contributed by atoms with Crippen LogP contribution >= 0.6 is 0 Å². The third-order valence-corrected chi connectivity index (χ3v) is 3.59. The minimum Gasteiger partial charge on any atom is -0.392 e. The fraction of sp³-hybridized carbons (Fsp3) is 0.316. The summed E-state index contributed by atoms with van der Waals surface area (Å²) in [5.74, 6) is 0. The second-order valence-corrected chi connectivity index (χ2v) is 5.97. The van der Waals surface area contributed by atoms with Crippen LogP contribution in [0.15, 0.2) is 54.6 Å². The monoisotopic (exact) mass is 312 g/mol. The van der Waals surface area contributed by atoms with Gasteiger partial charge in [0, 0.05) is 18.3 Å². The first-order valence-electron chi connectivity index (χ1n) is 7.88. The molecule has 2 aromatic rings. The van der Waals surface area contributed by atoms with E-state index < -0.39 is 6.10 Å². The molecule has 1 atom stereocenters. The van der Waals surface area contributed by atoms with Gasteiger partial charge in [0.05, 0.1) is 6.10 Å². The van der Waals surface area contributed by atoms with Crippen LogP contribution in [0.25, 0.3) is 11.1 Å². The van der Waals surface area contributed by atoms with E-state index >= 15 is 0 Å². The van der Waals surface area contributed by atoms with Crippen LogP contribution in [-0.4, -0.2) is 34.7 Å². The van der Waals surface area contributed by atoms with E-state index in [0.29, 0.717) is 6.54 Å². The molecule has 2 rings (SSSR count). The minimum absolute atomic E-state index is 0.0215. The summed E-state index contributed by atoms with van der Waals surface area (Å²) in [6.07, 6.45) is -0.552. The predicted octanol–water partition coefficient (Wildman–Crippen LogP) is 3.98. The van der Waals surface area contributed by atoms with Gasteiger partial charge in [-0.3, -0.25) is 0 Å². The van der Waals surface area contributed by atoms with Crippen LogP contribution in [0.4, 0.5) is 10.5 Å². The molecule has 0 spiro atoms. The summed E-state index contributed by atoms with van der Waals surface area (Å²) in [4.78, 5) is 14.0. The van der Waals surface area contributed by atoms with Crippen molar-refractivity contribution in [3.8, 4) is 11.1 Å². The highest BCUT2D eigenvalue weighted by molar-refractivity contribution is 5.89. The Balaban J connectivity index is 2.06. The van der Waals surface area contributed by atoms with Gasteiger partial charge in [-0.15, -0.1) is 0 Å². The molecule has 0 aromatic heterocycles. The quantitative estimate of drug-likeness (QED) is 0.877. The lowest BCUT2D eigenvalue weighted by Gasteiger charge is -2.28. The summed E-state index contributed by atoms with van der Waals surface area (Å²) >= 11 is 0. The van der Waals surface area contributed by atoms with Gasteiger partial charge in [-0.05, 0) is 44.0 Å². The van der Waals surface area contributed by atoms with Crippen LogP contribution in [0.1, 0.15) is 20.8 Å². The molecule has 2 N–H and O–H groups in total. The van der Waals surface area contributed by atoms with Crippen LogP contribution < -0.4 is 5.32 Å². The van der Waals surface area contributed by atoms with Crippen molar-refractivity contribution in [2.24, 2.45) is 0 Å². The average Bonchev–Trinajstić information content (AvgIpc) is 2.53. The van der Waals surface area contributed by atoms with Crippen molar-refractivity contribution in [2.45, 2.75) is 32.9 Å². The number of benzene rings is 2. The minimum atomic E-state index is -0.552. The second-order valence-electron chi connectivity index (χ2n) is 5.97. The Morgan fingerprint density at radius 1 is 1.00 bits per heavy atom. The molecule has 1 unspecified atom stereocenters. The molecule has 0 aliphatic heterocycles. The van der Waals surface area contributed by atoms with Gasteiger partial charge in [-0.2, -0.15) is 0 Å². The molecule has 23 heavy (non-hydrogen) atoms. The van der Waals surface area contributed by atoms with E-state index in [1.54, 1.807) is 11.8 Å². The number of nitrogens with one attached hydrogen (secondary N) is 1. The number of hydrogen-bond donors (Lipinski definition) is 2. The second kappa shape index (κ2) is 7.79. The number of amides is 2. The zero-order valence-electron chi connectivity index (χ0n) is 13.9. The first kappa shape index (κ1) is 17.0. The molecular weight excluding hydrogens is 288 g/mol. The normalized spacial score (nSPS) is 12.0. The molecule has 0 aliphatic rings. The number of nitrogens with zero attached hydrogens (tertiary/aromatic N) is 1. The van der Waals surface area contributed by atoms with Gasteiger partial charge in [0.25, 0.3) is 0 Å².